The van der Waals surface area contributed by atoms with Crippen LogP contribution in [0.3, 0.4) is 0 Å². The predicted molar refractivity (Wildman–Crippen MR) is 54.6 cm³/mol. The highest BCUT2D eigenvalue weighted by molar-refractivity contribution is 7.90. The quantitative estimate of drug-likeness (QED) is 0.750. The van der Waals surface area contributed by atoms with Crippen molar-refractivity contribution in [3.05, 3.63) is 17.5 Å². The molecule has 0 radical (unpaired) electrons. The van der Waals surface area contributed by atoms with E-state index in [-0.39, 0.29) is 5.75 Å². The van der Waals surface area contributed by atoms with Crippen LogP contribution in [0.1, 0.15) is 11.3 Å². The predicted octanol–water partition coefficient (Wildman–Crippen LogP) is -0.305. The number of aromatic nitrogens is 2. The van der Waals surface area contributed by atoms with E-state index in [0.29, 0.717) is 13.1 Å². The molecule has 1 aromatic heterocycles. The summed E-state index contributed by atoms with van der Waals surface area (Å²) in [4.78, 5) is 0. The first-order chi connectivity index (χ1) is 6.42. The molecule has 0 saturated heterocycles. The lowest BCUT2D eigenvalue weighted by molar-refractivity contribution is 0.585. The van der Waals surface area contributed by atoms with Gasteiger partial charge in [-0.15, -0.1) is 0 Å². The van der Waals surface area contributed by atoms with Crippen LogP contribution >= 0.6 is 0 Å². The molecule has 0 atom stereocenters. The Morgan fingerprint density at radius 2 is 2.21 bits per heavy atom. The van der Waals surface area contributed by atoms with Gasteiger partial charge in [-0.3, -0.25) is 4.68 Å². The maximum absolute atomic E-state index is 10.9. The van der Waals surface area contributed by atoms with Crippen LogP contribution in [-0.2, 0) is 22.9 Å². The molecule has 1 heterocycles. The molecular weight excluding hydrogens is 202 g/mol. The Labute approximate surface area is 83.8 Å². The number of hydrogen-bond donors (Lipinski definition) is 1. The van der Waals surface area contributed by atoms with E-state index in [9.17, 15) is 8.42 Å². The molecule has 14 heavy (non-hydrogen) atoms. The lowest BCUT2D eigenvalue weighted by atomic mass is 10.3. The molecule has 6 heteroatoms. The highest BCUT2D eigenvalue weighted by atomic mass is 32.2. The van der Waals surface area contributed by atoms with Gasteiger partial charge in [0.1, 0.15) is 9.84 Å². The smallest absolute Gasteiger partial charge is 0.149 e. The second kappa shape index (κ2) is 4.10. The van der Waals surface area contributed by atoms with Gasteiger partial charge in [0.05, 0.1) is 18.0 Å². The van der Waals surface area contributed by atoms with Gasteiger partial charge in [-0.05, 0) is 6.92 Å². The minimum absolute atomic E-state index is 0.109. The number of sulfone groups is 1. The van der Waals surface area contributed by atoms with E-state index in [1.807, 2.05) is 6.92 Å². The summed E-state index contributed by atoms with van der Waals surface area (Å²) >= 11 is 0. The average molecular weight is 217 g/mol. The fourth-order valence-corrected chi connectivity index (χ4v) is 1.65. The summed E-state index contributed by atoms with van der Waals surface area (Å²) in [6, 6.07) is 0. The van der Waals surface area contributed by atoms with Gasteiger partial charge in [0, 0.05) is 24.6 Å². The molecule has 0 fully saturated rings. The SMILES string of the molecule is Cc1nn(CCS(C)(=O)=O)cc1CN. The Bertz CT molecular complexity index is 408. The highest BCUT2D eigenvalue weighted by Gasteiger charge is 2.06. The summed E-state index contributed by atoms with van der Waals surface area (Å²) in [5, 5.41) is 4.16. The maximum atomic E-state index is 10.9. The molecular formula is C8H15N3O2S. The van der Waals surface area contributed by atoms with Gasteiger partial charge >= 0.3 is 0 Å². The van der Waals surface area contributed by atoms with E-state index < -0.39 is 9.84 Å². The Hall–Kier alpha value is -0.880. The standard InChI is InChI=1S/C8H15N3O2S/c1-7-8(5-9)6-11(10-7)3-4-14(2,12)13/h6H,3-5,9H2,1-2H3. The molecule has 5 nitrogen and oxygen atoms in total. The van der Waals surface area contributed by atoms with Crippen molar-refractivity contribution >= 4 is 9.84 Å². The number of hydrogen-bond acceptors (Lipinski definition) is 4. The zero-order chi connectivity index (χ0) is 10.8. The molecule has 80 valence electrons. The first-order valence-corrected chi connectivity index (χ1v) is 6.39. The number of rotatable bonds is 4. The third-order valence-electron chi connectivity index (χ3n) is 1.96. The van der Waals surface area contributed by atoms with Crippen LogP contribution in [0.15, 0.2) is 6.20 Å². The number of nitrogens with two attached hydrogens (primary N) is 1. The highest BCUT2D eigenvalue weighted by Crippen LogP contribution is 2.04. The van der Waals surface area contributed by atoms with Gasteiger partial charge in [-0.1, -0.05) is 0 Å². The van der Waals surface area contributed by atoms with E-state index in [1.165, 1.54) is 6.26 Å². The fourth-order valence-electron chi connectivity index (χ4n) is 1.13. The van der Waals surface area contributed by atoms with Crippen molar-refractivity contribution in [2.75, 3.05) is 12.0 Å². The molecule has 0 aliphatic carbocycles. The van der Waals surface area contributed by atoms with Crippen LogP contribution in [0.4, 0.5) is 0 Å². The van der Waals surface area contributed by atoms with Crippen LogP contribution in [-0.4, -0.2) is 30.2 Å². The van der Waals surface area contributed by atoms with Crippen molar-refractivity contribution in [2.45, 2.75) is 20.0 Å². The van der Waals surface area contributed by atoms with Crippen molar-refractivity contribution in [2.24, 2.45) is 5.73 Å². The van der Waals surface area contributed by atoms with Crippen molar-refractivity contribution < 1.29 is 8.42 Å². The molecule has 0 spiro atoms. The van der Waals surface area contributed by atoms with E-state index in [0.717, 1.165) is 11.3 Å². The normalized spacial score (nSPS) is 11.9. The Morgan fingerprint density at radius 1 is 1.57 bits per heavy atom. The zero-order valence-corrected chi connectivity index (χ0v) is 9.21. The Morgan fingerprint density at radius 3 is 2.64 bits per heavy atom. The topological polar surface area (TPSA) is 78.0 Å². The van der Waals surface area contributed by atoms with Crippen LogP contribution in [0.2, 0.25) is 0 Å². The molecule has 0 bridgehead atoms. The third kappa shape index (κ3) is 3.12. The van der Waals surface area contributed by atoms with Crippen molar-refractivity contribution in [1.29, 1.82) is 0 Å². The van der Waals surface area contributed by atoms with Crippen LogP contribution in [0.5, 0.6) is 0 Å². The molecule has 0 aliphatic rings. The molecule has 0 aliphatic heterocycles. The van der Waals surface area contributed by atoms with Gasteiger partial charge in [-0.25, -0.2) is 8.42 Å². The van der Waals surface area contributed by atoms with Crippen molar-refractivity contribution in [3.63, 3.8) is 0 Å². The largest absolute Gasteiger partial charge is 0.326 e. The molecule has 0 aromatic carbocycles. The Balaban J connectivity index is 2.69. The van der Waals surface area contributed by atoms with E-state index >= 15 is 0 Å². The summed E-state index contributed by atoms with van der Waals surface area (Å²) < 4.78 is 23.4. The molecule has 0 amide bonds. The summed E-state index contributed by atoms with van der Waals surface area (Å²) in [6.45, 7) is 2.68. The lowest BCUT2D eigenvalue weighted by Gasteiger charge is -1.98. The van der Waals surface area contributed by atoms with Crippen molar-refractivity contribution in [1.82, 2.24) is 9.78 Å². The zero-order valence-electron chi connectivity index (χ0n) is 8.40. The minimum Gasteiger partial charge on any atom is -0.326 e. The Kier molecular flexibility index (Phi) is 3.28. The van der Waals surface area contributed by atoms with Crippen LogP contribution in [0.25, 0.3) is 0 Å². The second-order valence-electron chi connectivity index (χ2n) is 3.34. The van der Waals surface area contributed by atoms with Gasteiger partial charge in [0.15, 0.2) is 0 Å². The summed E-state index contributed by atoms with van der Waals surface area (Å²) in [5.74, 6) is 0.109. The summed E-state index contributed by atoms with van der Waals surface area (Å²) in [7, 11) is -2.92. The second-order valence-corrected chi connectivity index (χ2v) is 5.60. The van der Waals surface area contributed by atoms with Gasteiger partial charge in [0.25, 0.3) is 0 Å². The molecule has 0 unspecified atom stereocenters. The summed E-state index contributed by atoms with van der Waals surface area (Å²) in [6.07, 6.45) is 3.01. The molecule has 0 saturated carbocycles. The maximum Gasteiger partial charge on any atom is 0.149 e. The van der Waals surface area contributed by atoms with E-state index in [1.54, 1.807) is 10.9 Å². The van der Waals surface area contributed by atoms with E-state index in [4.69, 9.17) is 5.73 Å². The molecule has 1 aromatic rings. The monoisotopic (exact) mass is 217 g/mol. The number of nitrogens with zero attached hydrogens (tertiary/aromatic N) is 2. The third-order valence-corrected chi connectivity index (χ3v) is 2.88. The van der Waals surface area contributed by atoms with E-state index in [2.05, 4.69) is 5.10 Å². The average Bonchev–Trinajstić information content (AvgIpc) is 2.42. The first kappa shape index (κ1) is 11.2. The fraction of sp³-hybridized carbons (Fsp3) is 0.625. The van der Waals surface area contributed by atoms with Crippen molar-refractivity contribution in [3.8, 4) is 0 Å². The first-order valence-electron chi connectivity index (χ1n) is 4.33. The molecule has 2 N–H and O–H groups in total. The van der Waals surface area contributed by atoms with Crippen LogP contribution < -0.4 is 5.73 Å². The van der Waals surface area contributed by atoms with Crippen LogP contribution in [0, 0.1) is 6.92 Å². The van der Waals surface area contributed by atoms with Gasteiger partial charge in [-0.2, -0.15) is 5.10 Å². The lowest BCUT2D eigenvalue weighted by Crippen LogP contribution is -2.11. The van der Waals surface area contributed by atoms with Gasteiger partial charge in [0.2, 0.25) is 0 Å². The molecule has 1 rings (SSSR count). The summed E-state index contributed by atoms with van der Waals surface area (Å²) in [5.41, 5.74) is 7.29. The van der Waals surface area contributed by atoms with Gasteiger partial charge < -0.3 is 5.73 Å². The minimum atomic E-state index is -2.92. The number of aryl methyl sites for hydroxylation is 2.